The summed E-state index contributed by atoms with van der Waals surface area (Å²) in [4.78, 5) is 24.7. The number of methoxy groups -OCH3 is 1. The summed E-state index contributed by atoms with van der Waals surface area (Å²) >= 11 is 0. The molecule has 1 aromatic carbocycles. The first kappa shape index (κ1) is 17.0. The zero-order valence-corrected chi connectivity index (χ0v) is 14.4. The number of hydrogen-bond acceptors (Lipinski definition) is 4. The number of nitrogens with zero attached hydrogens (tertiary/aromatic N) is 2. The van der Waals surface area contributed by atoms with E-state index in [9.17, 15) is 9.59 Å². The molecule has 1 saturated carbocycles. The van der Waals surface area contributed by atoms with Crippen molar-refractivity contribution in [2.45, 2.75) is 38.8 Å². The molecule has 1 aliphatic rings. The number of anilines is 1. The van der Waals surface area contributed by atoms with E-state index in [1.807, 2.05) is 13.1 Å². The maximum atomic E-state index is 12.4. The van der Waals surface area contributed by atoms with Crippen LogP contribution in [0.5, 0.6) is 5.75 Å². The van der Waals surface area contributed by atoms with Gasteiger partial charge in [-0.15, -0.1) is 0 Å². The van der Waals surface area contributed by atoms with Crippen LogP contribution in [0.2, 0.25) is 0 Å². The molecule has 0 spiro atoms. The Balaban J connectivity index is 1.67. The number of ether oxygens (including phenoxy) is 1. The quantitative estimate of drug-likeness (QED) is 0.807. The van der Waals surface area contributed by atoms with Crippen molar-refractivity contribution in [1.29, 1.82) is 0 Å². The average molecular weight is 342 g/mol. The van der Waals surface area contributed by atoms with Crippen molar-refractivity contribution < 1.29 is 14.3 Å². The third kappa shape index (κ3) is 4.59. The van der Waals surface area contributed by atoms with Crippen molar-refractivity contribution >= 4 is 17.5 Å². The Kier molecular flexibility index (Phi) is 5.02. The van der Waals surface area contributed by atoms with E-state index in [0.29, 0.717) is 23.5 Å². The molecule has 0 aliphatic heterocycles. The Morgan fingerprint density at radius 2 is 2.16 bits per heavy atom. The predicted molar refractivity (Wildman–Crippen MR) is 93.7 cm³/mol. The van der Waals surface area contributed by atoms with Gasteiger partial charge in [-0.3, -0.25) is 14.3 Å². The smallest absolute Gasteiger partial charge is 0.253 e. The Morgan fingerprint density at radius 3 is 2.80 bits per heavy atom. The highest BCUT2D eigenvalue weighted by atomic mass is 16.5. The van der Waals surface area contributed by atoms with Gasteiger partial charge >= 0.3 is 0 Å². The van der Waals surface area contributed by atoms with Crippen molar-refractivity contribution in [1.82, 2.24) is 15.1 Å². The lowest BCUT2D eigenvalue weighted by atomic mass is 10.1. The van der Waals surface area contributed by atoms with Crippen LogP contribution >= 0.6 is 0 Å². The molecule has 2 aromatic rings. The Bertz CT molecular complexity index is 780. The minimum absolute atomic E-state index is 0.168. The number of carbonyl (C=O) groups excluding carboxylic acids is 2. The molecule has 1 aliphatic carbocycles. The van der Waals surface area contributed by atoms with Crippen molar-refractivity contribution in [3.8, 4) is 5.75 Å². The summed E-state index contributed by atoms with van der Waals surface area (Å²) in [5.41, 5.74) is 1.95. The number of benzene rings is 1. The first-order chi connectivity index (χ1) is 12.0. The number of aromatic nitrogens is 2. The Hall–Kier alpha value is -2.83. The lowest BCUT2D eigenvalue weighted by Crippen LogP contribution is -2.27. The van der Waals surface area contributed by atoms with Crippen molar-refractivity contribution in [3.05, 3.63) is 41.7 Å². The van der Waals surface area contributed by atoms with Gasteiger partial charge in [0.1, 0.15) is 5.75 Å². The highest BCUT2D eigenvalue weighted by Crippen LogP contribution is 2.25. The Labute approximate surface area is 146 Å². The van der Waals surface area contributed by atoms with Gasteiger partial charge in [0.2, 0.25) is 5.91 Å². The molecular weight excluding hydrogens is 320 g/mol. The van der Waals surface area contributed by atoms with Gasteiger partial charge in [0.15, 0.2) is 0 Å². The van der Waals surface area contributed by atoms with Crippen LogP contribution in [-0.4, -0.2) is 34.7 Å². The zero-order chi connectivity index (χ0) is 17.8. The van der Waals surface area contributed by atoms with Crippen LogP contribution in [0.25, 0.3) is 0 Å². The molecule has 0 radical (unpaired) electrons. The second kappa shape index (κ2) is 7.38. The molecule has 1 fully saturated rings. The van der Waals surface area contributed by atoms with Crippen molar-refractivity contribution in [2.75, 3.05) is 12.4 Å². The van der Waals surface area contributed by atoms with E-state index in [1.165, 1.54) is 0 Å². The summed E-state index contributed by atoms with van der Waals surface area (Å²) in [5.74, 6) is 0.212. The van der Waals surface area contributed by atoms with Crippen LogP contribution in [0.1, 0.15) is 35.2 Å². The van der Waals surface area contributed by atoms with Crippen LogP contribution in [0, 0.1) is 6.92 Å². The molecule has 2 amide bonds. The summed E-state index contributed by atoms with van der Waals surface area (Å²) in [7, 11) is 1.54. The number of carbonyl (C=O) groups is 2. The van der Waals surface area contributed by atoms with Crippen LogP contribution < -0.4 is 15.4 Å². The number of rotatable bonds is 7. The molecule has 25 heavy (non-hydrogen) atoms. The number of aryl methyl sites for hydroxylation is 2. The maximum Gasteiger partial charge on any atom is 0.253 e. The first-order valence-electron chi connectivity index (χ1n) is 8.33. The third-order valence-corrected chi connectivity index (χ3v) is 3.99. The number of nitrogens with one attached hydrogen (secondary N) is 2. The molecule has 7 nitrogen and oxygen atoms in total. The lowest BCUT2D eigenvalue weighted by Gasteiger charge is -2.13. The maximum absolute atomic E-state index is 12.4. The molecule has 2 N–H and O–H groups in total. The van der Waals surface area contributed by atoms with E-state index in [4.69, 9.17) is 4.74 Å². The van der Waals surface area contributed by atoms with Gasteiger partial charge < -0.3 is 15.4 Å². The van der Waals surface area contributed by atoms with Crippen LogP contribution in [-0.2, 0) is 11.3 Å². The second-order valence-electron chi connectivity index (χ2n) is 6.24. The first-order valence-corrected chi connectivity index (χ1v) is 8.33. The van der Waals surface area contributed by atoms with Gasteiger partial charge in [-0.2, -0.15) is 5.10 Å². The minimum Gasteiger partial charge on any atom is -0.497 e. The van der Waals surface area contributed by atoms with E-state index in [0.717, 1.165) is 18.4 Å². The summed E-state index contributed by atoms with van der Waals surface area (Å²) in [6.07, 6.45) is 5.91. The molecule has 0 saturated heterocycles. The fourth-order valence-corrected chi connectivity index (χ4v) is 2.46. The molecule has 1 heterocycles. The lowest BCUT2D eigenvalue weighted by molar-refractivity contribution is -0.116. The third-order valence-electron chi connectivity index (χ3n) is 3.99. The van der Waals surface area contributed by atoms with Gasteiger partial charge in [-0.1, -0.05) is 0 Å². The number of hydrogen-bond donors (Lipinski definition) is 2. The summed E-state index contributed by atoms with van der Waals surface area (Å²) < 4.78 is 6.91. The van der Waals surface area contributed by atoms with Gasteiger partial charge in [0, 0.05) is 25.2 Å². The molecule has 1 aromatic heterocycles. The fourth-order valence-electron chi connectivity index (χ4n) is 2.46. The Morgan fingerprint density at radius 1 is 1.36 bits per heavy atom. The predicted octanol–water partition coefficient (Wildman–Crippen LogP) is 2.12. The van der Waals surface area contributed by atoms with Crippen LogP contribution in [0.3, 0.4) is 0 Å². The molecule has 3 rings (SSSR count). The highest BCUT2D eigenvalue weighted by Gasteiger charge is 2.25. The second-order valence-corrected chi connectivity index (χ2v) is 6.24. The normalized spacial score (nSPS) is 13.4. The minimum atomic E-state index is -0.195. The largest absolute Gasteiger partial charge is 0.497 e. The standard InChI is InChI=1S/C18H22N4O3/c1-12-10-19-22(11-12)8-7-17(23)21-16-6-5-14(25-2)9-15(16)18(24)20-13-3-4-13/h5-6,9-11,13H,3-4,7-8H2,1-2H3,(H,20,24)(H,21,23). The van der Waals surface area contributed by atoms with Crippen LogP contribution in [0.15, 0.2) is 30.6 Å². The van der Waals surface area contributed by atoms with Crippen molar-refractivity contribution in [3.63, 3.8) is 0 Å². The summed E-state index contributed by atoms with van der Waals surface area (Å²) in [6.45, 7) is 2.44. The summed E-state index contributed by atoms with van der Waals surface area (Å²) in [6, 6.07) is 5.30. The van der Waals surface area contributed by atoms with E-state index < -0.39 is 0 Å². The van der Waals surface area contributed by atoms with E-state index in [2.05, 4.69) is 15.7 Å². The highest BCUT2D eigenvalue weighted by molar-refractivity contribution is 6.04. The molecule has 0 atom stereocenters. The van der Waals surface area contributed by atoms with Crippen molar-refractivity contribution in [2.24, 2.45) is 0 Å². The monoisotopic (exact) mass is 342 g/mol. The molecule has 132 valence electrons. The zero-order valence-electron chi connectivity index (χ0n) is 14.4. The van der Waals surface area contributed by atoms with E-state index in [1.54, 1.807) is 36.2 Å². The topological polar surface area (TPSA) is 85.2 Å². The van der Waals surface area contributed by atoms with Gasteiger partial charge in [-0.05, 0) is 43.5 Å². The van der Waals surface area contributed by atoms with Gasteiger partial charge in [0.25, 0.3) is 5.91 Å². The molecule has 0 bridgehead atoms. The van der Waals surface area contributed by atoms with E-state index in [-0.39, 0.29) is 24.3 Å². The molecule has 0 unspecified atom stereocenters. The average Bonchev–Trinajstić information content (AvgIpc) is 3.32. The number of amides is 2. The van der Waals surface area contributed by atoms with Gasteiger partial charge in [-0.25, -0.2) is 0 Å². The van der Waals surface area contributed by atoms with E-state index >= 15 is 0 Å². The van der Waals surface area contributed by atoms with Gasteiger partial charge in [0.05, 0.1) is 24.6 Å². The molecular formula is C18H22N4O3. The summed E-state index contributed by atoms with van der Waals surface area (Å²) in [5, 5.41) is 9.91. The molecule has 7 heteroatoms. The van der Waals surface area contributed by atoms with Crippen LogP contribution in [0.4, 0.5) is 5.69 Å². The fraction of sp³-hybridized carbons (Fsp3) is 0.389. The SMILES string of the molecule is COc1ccc(NC(=O)CCn2cc(C)cn2)c(C(=O)NC2CC2)c1.